The van der Waals surface area contributed by atoms with E-state index in [1.807, 2.05) is 69.3 Å². The van der Waals surface area contributed by atoms with Crippen molar-refractivity contribution < 1.29 is 9.59 Å². The number of amides is 2. The van der Waals surface area contributed by atoms with Crippen LogP contribution in [0, 0.1) is 13.8 Å². The normalized spacial score (nSPS) is 10.4. The fourth-order valence-corrected chi connectivity index (χ4v) is 2.93. The first-order chi connectivity index (χ1) is 13.5. The van der Waals surface area contributed by atoms with Crippen molar-refractivity contribution in [3.8, 4) is 0 Å². The molecule has 1 heterocycles. The van der Waals surface area contributed by atoms with Gasteiger partial charge in [0, 0.05) is 17.9 Å². The molecule has 2 amide bonds. The second kappa shape index (κ2) is 8.48. The summed E-state index contributed by atoms with van der Waals surface area (Å²) in [6.07, 6.45) is 0. The number of benzene rings is 2. The van der Waals surface area contributed by atoms with Gasteiger partial charge in [0.25, 0.3) is 11.8 Å². The van der Waals surface area contributed by atoms with Crippen LogP contribution < -0.4 is 10.2 Å². The molecule has 0 bridgehead atoms. The summed E-state index contributed by atoms with van der Waals surface area (Å²) in [5.41, 5.74) is 3.99. The number of hydrogen-bond donors (Lipinski definition) is 1. The first-order valence-corrected chi connectivity index (χ1v) is 9.22. The lowest BCUT2D eigenvalue weighted by molar-refractivity contribution is 0.0983. The van der Waals surface area contributed by atoms with E-state index in [9.17, 15) is 9.59 Å². The molecule has 0 aliphatic carbocycles. The number of carbonyl (C=O) groups is 2. The van der Waals surface area contributed by atoms with Gasteiger partial charge >= 0.3 is 0 Å². The third-order valence-electron chi connectivity index (χ3n) is 4.47. The Morgan fingerprint density at radius 2 is 1.64 bits per heavy atom. The molecule has 0 aliphatic heterocycles. The maximum absolute atomic E-state index is 12.9. The predicted molar refractivity (Wildman–Crippen MR) is 112 cm³/mol. The quantitative estimate of drug-likeness (QED) is 0.710. The van der Waals surface area contributed by atoms with E-state index in [1.165, 1.54) is 0 Å². The summed E-state index contributed by atoms with van der Waals surface area (Å²) >= 11 is 0. The molecule has 0 saturated carbocycles. The highest BCUT2D eigenvalue weighted by Gasteiger charge is 2.19. The Morgan fingerprint density at radius 3 is 2.36 bits per heavy atom. The molecular weight excluding hydrogens is 350 g/mol. The molecule has 3 rings (SSSR count). The standard InChI is InChI=1S/C23H23N3O2/c1-4-26(18-9-6-5-7-10-18)23(28)20-12-8-11-19(24-20)22(27)25-21-15-16(2)13-14-17(21)3/h5-15H,4H2,1-3H3,(H,25,27). The summed E-state index contributed by atoms with van der Waals surface area (Å²) in [5, 5.41) is 2.88. The highest BCUT2D eigenvalue weighted by atomic mass is 16.2. The van der Waals surface area contributed by atoms with Crippen molar-refractivity contribution in [1.29, 1.82) is 0 Å². The van der Waals surface area contributed by atoms with Gasteiger partial charge in [-0.05, 0) is 62.2 Å². The first-order valence-electron chi connectivity index (χ1n) is 9.22. The topological polar surface area (TPSA) is 62.3 Å². The van der Waals surface area contributed by atoms with Gasteiger partial charge < -0.3 is 10.2 Å². The van der Waals surface area contributed by atoms with Crippen LogP contribution in [0.25, 0.3) is 0 Å². The van der Waals surface area contributed by atoms with Gasteiger partial charge in [0.15, 0.2) is 0 Å². The number of rotatable bonds is 5. The van der Waals surface area contributed by atoms with E-state index < -0.39 is 0 Å². The number of nitrogens with one attached hydrogen (secondary N) is 1. The maximum Gasteiger partial charge on any atom is 0.276 e. The summed E-state index contributed by atoms with van der Waals surface area (Å²) in [7, 11) is 0. The molecular formula is C23H23N3O2. The fraction of sp³-hybridized carbons (Fsp3) is 0.174. The van der Waals surface area contributed by atoms with E-state index in [4.69, 9.17) is 0 Å². The van der Waals surface area contributed by atoms with Crippen molar-refractivity contribution in [3.63, 3.8) is 0 Å². The summed E-state index contributed by atoms with van der Waals surface area (Å²) in [6.45, 7) is 6.31. The molecule has 0 atom stereocenters. The number of para-hydroxylation sites is 1. The van der Waals surface area contributed by atoms with Crippen LogP contribution in [0.3, 0.4) is 0 Å². The van der Waals surface area contributed by atoms with Crippen molar-refractivity contribution in [1.82, 2.24) is 4.98 Å². The molecule has 0 radical (unpaired) electrons. The van der Waals surface area contributed by atoms with Crippen molar-refractivity contribution in [2.24, 2.45) is 0 Å². The minimum atomic E-state index is -0.342. The van der Waals surface area contributed by atoms with Gasteiger partial charge in [-0.1, -0.05) is 36.4 Å². The molecule has 2 aromatic carbocycles. The third kappa shape index (κ3) is 4.26. The molecule has 0 aliphatic rings. The molecule has 0 spiro atoms. The van der Waals surface area contributed by atoms with Crippen LogP contribution >= 0.6 is 0 Å². The average molecular weight is 373 g/mol. The first kappa shape index (κ1) is 19.3. The van der Waals surface area contributed by atoms with Crippen molar-refractivity contribution in [3.05, 3.63) is 89.2 Å². The zero-order chi connectivity index (χ0) is 20.1. The monoisotopic (exact) mass is 373 g/mol. The van der Waals surface area contributed by atoms with E-state index in [-0.39, 0.29) is 23.2 Å². The molecule has 1 N–H and O–H groups in total. The Hall–Kier alpha value is -3.47. The van der Waals surface area contributed by atoms with Gasteiger partial charge in [-0.25, -0.2) is 4.98 Å². The SMILES string of the molecule is CCN(C(=O)c1cccc(C(=O)Nc2cc(C)ccc2C)n1)c1ccccc1. The van der Waals surface area contributed by atoms with Crippen molar-refractivity contribution in [2.75, 3.05) is 16.8 Å². The minimum Gasteiger partial charge on any atom is -0.320 e. The number of hydrogen-bond acceptors (Lipinski definition) is 3. The lowest BCUT2D eigenvalue weighted by atomic mass is 10.1. The molecule has 142 valence electrons. The number of anilines is 2. The Balaban J connectivity index is 1.84. The maximum atomic E-state index is 12.9. The predicted octanol–water partition coefficient (Wildman–Crippen LogP) is 4.62. The van der Waals surface area contributed by atoms with Gasteiger partial charge in [0.05, 0.1) is 0 Å². The van der Waals surface area contributed by atoms with Crippen molar-refractivity contribution in [2.45, 2.75) is 20.8 Å². The number of aryl methyl sites for hydroxylation is 2. The van der Waals surface area contributed by atoms with E-state index in [2.05, 4.69) is 10.3 Å². The van der Waals surface area contributed by atoms with E-state index >= 15 is 0 Å². The van der Waals surface area contributed by atoms with Crippen LogP contribution in [-0.2, 0) is 0 Å². The Labute approximate surface area is 165 Å². The van der Waals surface area contributed by atoms with E-state index in [0.717, 1.165) is 22.5 Å². The highest BCUT2D eigenvalue weighted by molar-refractivity contribution is 6.07. The minimum absolute atomic E-state index is 0.205. The van der Waals surface area contributed by atoms with Gasteiger partial charge in [-0.2, -0.15) is 0 Å². The average Bonchev–Trinajstić information content (AvgIpc) is 2.72. The van der Waals surface area contributed by atoms with Crippen LogP contribution in [-0.4, -0.2) is 23.3 Å². The smallest absolute Gasteiger partial charge is 0.276 e. The lowest BCUT2D eigenvalue weighted by Crippen LogP contribution is -2.31. The molecule has 0 saturated heterocycles. The highest BCUT2D eigenvalue weighted by Crippen LogP contribution is 2.18. The number of carbonyl (C=O) groups excluding carboxylic acids is 2. The van der Waals surface area contributed by atoms with Gasteiger partial charge in [-0.3, -0.25) is 9.59 Å². The van der Waals surface area contributed by atoms with Crippen LogP contribution in [0.4, 0.5) is 11.4 Å². The number of aromatic nitrogens is 1. The molecule has 28 heavy (non-hydrogen) atoms. The molecule has 0 fully saturated rings. The summed E-state index contributed by atoms with van der Waals surface area (Å²) in [5.74, 6) is -0.582. The Kier molecular flexibility index (Phi) is 5.84. The second-order valence-electron chi connectivity index (χ2n) is 6.57. The van der Waals surface area contributed by atoms with E-state index in [0.29, 0.717) is 6.54 Å². The third-order valence-corrected chi connectivity index (χ3v) is 4.47. The zero-order valence-electron chi connectivity index (χ0n) is 16.3. The molecule has 5 heteroatoms. The van der Waals surface area contributed by atoms with Crippen molar-refractivity contribution >= 4 is 23.2 Å². The zero-order valence-corrected chi connectivity index (χ0v) is 16.3. The molecule has 1 aromatic heterocycles. The largest absolute Gasteiger partial charge is 0.320 e. The van der Waals surface area contributed by atoms with E-state index in [1.54, 1.807) is 23.1 Å². The Bertz CT molecular complexity index is 1000. The number of nitrogens with zero attached hydrogens (tertiary/aromatic N) is 2. The lowest BCUT2D eigenvalue weighted by Gasteiger charge is -2.20. The number of pyridine rings is 1. The summed E-state index contributed by atoms with van der Waals surface area (Å²) in [6, 6.07) is 20.2. The summed E-state index contributed by atoms with van der Waals surface area (Å²) in [4.78, 5) is 31.5. The summed E-state index contributed by atoms with van der Waals surface area (Å²) < 4.78 is 0. The van der Waals surface area contributed by atoms with Crippen LogP contribution in [0.15, 0.2) is 66.7 Å². The fourth-order valence-electron chi connectivity index (χ4n) is 2.93. The van der Waals surface area contributed by atoms with Crippen LogP contribution in [0.2, 0.25) is 0 Å². The van der Waals surface area contributed by atoms with Gasteiger partial charge in [-0.15, -0.1) is 0 Å². The van der Waals surface area contributed by atoms with Crippen LogP contribution in [0.5, 0.6) is 0 Å². The molecule has 5 nitrogen and oxygen atoms in total. The van der Waals surface area contributed by atoms with Gasteiger partial charge in [0.2, 0.25) is 0 Å². The van der Waals surface area contributed by atoms with Gasteiger partial charge in [0.1, 0.15) is 11.4 Å². The second-order valence-corrected chi connectivity index (χ2v) is 6.57. The van der Waals surface area contributed by atoms with Crippen LogP contribution in [0.1, 0.15) is 39.0 Å². The molecule has 3 aromatic rings. The molecule has 0 unspecified atom stereocenters. The Morgan fingerprint density at radius 1 is 0.929 bits per heavy atom.